The van der Waals surface area contributed by atoms with Gasteiger partial charge in [0.25, 0.3) is 0 Å². The van der Waals surface area contributed by atoms with E-state index in [9.17, 15) is 22.4 Å². The van der Waals surface area contributed by atoms with Crippen LogP contribution in [0.3, 0.4) is 0 Å². The van der Waals surface area contributed by atoms with E-state index in [2.05, 4.69) is 5.32 Å². The Morgan fingerprint density at radius 3 is 2.57 bits per heavy atom. The highest BCUT2D eigenvalue weighted by Crippen LogP contribution is 2.22. The fourth-order valence-electron chi connectivity index (χ4n) is 3.10. The highest BCUT2D eigenvalue weighted by molar-refractivity contribution is 7.92. The fraction of sp³-hybridized carbons (Fsp3) is 0.556. The molecule has 10 heteroatoms. The van der Waals surface area contributed by atoms with Crippen molar-refractivity contribution in [2.45, 2.75) is 36.3 Å². The summed E-state index contributed by atoms with van der Waals surface area (Å²) in [5.74, 6) is -1.27. The van der Waals surface area contributed by atoms with E-state index < -0.39 is 20.9 Å². The molecule has 0 radical (unpaired) electrons. The molecule has 1 aromatic carbocycles. The Morgan fingerprint density at radius 1 is 1.32 bits per heavy atom. The van der Waals surface area contributed by atoms with Gasteiger partial charge in [0.1, 0.15) is 5.82 Å². The van der Waals surface area contributed by atoms with Gasteiger partial charge in [0.2, 0.25) is 11.8 Å². The minimum Gasteiger partial charge on any atom is -0.355 e. The molecule has 1 aliphatic rings. The molecule has 2 rings (SSSR count). The minimum atomic E-state index is -3.74. The maximum atomic E-state index is 13.0. The maximum Gasteiger partial charge on any atom is 0.224 e. The van der Waals surface area contributed by atoms with Crippen LogP contribution in [0, 0.1) is 11.7 Å². The van der Waals surface area contributed by atoms with Crippen LogP contribution in [0.25, 0.3) is 0 Å². The number of benzene rings is 1. The second-order valence-electron chi connectivity index (χ2n) is 6.77. The molecule has 158 valence electrons. The number of hydrogen-bond donors (Lipinski definition) is 2. The molecule has 1 aliphatic heterocycles. The van der Waals surface area contributed by atoms with E-state index in [1.807, 2.05) is 0 Å². The Morgan fingerprint density at radius 2 is 1.96 bits per heavy atom. The number of hydrogen-bond acceptors (Lipinski definition) is 5. The van der Waals surface area contributed by atoms with Crippen LogP contribution in [0.4, 0.5) is 4.39 Å². The number of nitrogens with two attached hydrogens (primary N) is 1. The Balaban J connectivity index is 0.00000392. The van der Waals surface area contributed by atoms with Crippen LogP contribution < -0.4 is 11.1 Å². The average molecular weight is 436 g/mol. The monoisotopic (exact) mass is 435 g/mol. The van der Waals surface area contributed by atoms with Gasteiger partial charge in [-0.05, 0) is 44.0 Å². The van der Waals surface area contributed by atoms with Crippen molar-refractivity contribution < 1.29 is 22.4 Å². The van der Waals surface area contributed by atoms with Crippen molar-refractivity contribution in [2.24, 2.45) is 11.7 Å². The lowest BCUT2D eigenvalue weighted by Gasteiger charge is -2.32. The van der Waals surface area contributed by atoms with Crippen LogP contribution in [-0.2, 0) is 19.4 Å². The first kappa shape index (κ1) is 24.3. The van der Waals surface area contributed by atoms with E-state index >= 15 is 0 Å². The van der Waals surface area contributed by atoms with Crippen LogP contribution in [0.15, 0.2) is 29.2 Å². The number of nitrogens with zero attached hydrogens (tertiary/aromatic N) is 1. The molecule has 0 saturated carbocycles. The molecule has 3 N–H and O–H groups in total. The summed E-state index contributed by atoms with van der Waals surface area (Å²) >= 11 is 0. The predicted molar refractivity (Wildman–Crippen MR) is 106 cm³/mol. The van der Waals surface area contributed by atoms with Crippen LogP contribution >= 0.6 is 12.4 Å². The van der Waals surface area contributed by atoms with Gasteiger partial charge in [-0.2, -0.15) is 0 Å². The van der Waals surface area contributed by atoms with E-state index in [1.165, 1.54) is 19.1 Å². The maximum absolute atomic E-state index is 13.0. The summed E-state index contributed by atoms with van der Waals surface area (Å²) in [5.41, 5.74) is 5.38. The molecule has 2 atom stereocenters. The van der Waals surface area contributed by atoms with Gasteiger partial charge in [-0.3, -0.25) is 9.59 Å². The molecule has 1 aromatic rings. The van der Waals surface area contributed by atoms with Gasteiger partial charge in [0, 0.05) is 32.6 Å². The predicted octanol–water partition coefficient (Wildman–Crippen LogP) is 1.11. The van der Waals surface area contributed by atoms with Crippen molar-refractivity contribution in [3.63, 3.8) is 0 Å². The molecule has 0 bridgehead atoms. The van der Waals surface area contributed by atoms with Gasteiger partial charge < -0.3 is 16.0 Å². The lowest BCUT2D eigenvalue weighted by atomic mass is 9.96. The minimum absolute atomic E-state index is 0. The highest BCUT2D eigenvalue weighted by Gasteiger charge is 2.31. The Bertz CT molecular complexity index is 774. The number of likely N-dealkylation sites (tertiary alicyclic amines) is 1. The van der Waals surface area contributed by atoms with Crippen LogP contribution in [0.1, 0.15) is 26.2 Å². The van der Waals surface area contributed by atoms with Gasteiger partial charge >= 0.3 is 0 Å². The number of rotatable bonds is 7. The third-order valence-corrected chi connectivity index (χ3v) is 6.88. The zero-order chi connectivity index (χ0) is 20.0. The number of halogens is 2. The molecule has 1 fully saturated rings. The van der Waals surface area contributed by atoms with Crippen molar-refractivity contribution in [1.29, 1.82) is 0 Å². The smallest absolute Gasteiger partial charge is 0.224 e. The van der Waals surface area contributed by atoms with Gasteiger partial charge in [0.15, 0.2) is 9.84 Å². The van der Waals surface area contributed by atoms with Gasteiger partial charge in [0.05, 0.1) is 16.1 Å². The molecule has 1 heterocycles. The molecule has 2 unspecified atom stereocenters. The molecule has 1 saturated heterocycles. The Labute approximate surface area is 171 Å². The van der Waals surface area contributed by atoms with Crippen molar-refractivity contribution >= 4 is 34.1 Å². The molecule has 0 aliphatic carbocycles. The largest absolute Gasteiger partial charge is 0.355 e. The van der Waals surface area contributed by atoms with E-state index in [4.69, 9.17) is 5.73 Å². The van der Waals surface area contributed by atoms with E-state index in [-0.39, 0.29) is 48.0 Å². The summed E-state index contributed by atoms with van der Waals surface area (Å²) in [6.07, 6.45) is 1.19. The second-order valence-corrected chi connectivity index (χ2v) is 9.14. The SMILES string of the molecule is CC(CC(=O)N1CCCC(C(=O)NCCN)C1)S(=O)(=O)c1ccc(F)cc1.Cl. The third-order valence-electron chi connectivity index (χ3n) is 4.72. The van der Waals surface area contributed by atoms with Gasteiger partial charge in [-0.15, -0.1) is 12.4 Å². The first-order valence-electron chi connectivity index (χ1n) is 9.00. The van der Waals surface area contributed by atoms with Crippen molar-refractivity contribution in [1.82, 2.24) is 10.2 Å². The average Bonchev–Trinajstić information content (AvgIpc) is 2.66. The van der Waals surface area contributed by atoms with E-state index in [0.717, 1.165) is 12.1 Å². The van der Waals surface area contributed by atoms with E-state index in [1.54, 1.807) is 4.90 Å². The van der Waals surface area contributed by atoms with Crippen molar-refractivity contribution in [3.8, 4) is 0 Å². The van der Waals surface area contributed by atoms with Crippen LogP contribution in [-0.4, -0.2) is 56.6 Å². The van der Waals surface area contributed by atoms with Gasteiger partial charge in [-0.1, -0.05) is 0 Å². The third kappa shape index (κ3) is 6.15. The molecular weight excluding hydrogens is 409 g/mol. The lowest BCUT2D eigenvalue weighted by Crippen LogP contribution is -2.46. The fourth-order valence-corrected chi connectivity index (χ4v) is 4.44. The number of piperidine rings is 1. The number of nitrogens with one attached hydrogen (secondary N) is 1. The zero-order valence-electron chi connectivity index (χ0n) is 15.8. The first-order valence-corrected chi connectivity index (χ1v) is 10.6. The van der Waals surface area contributed by atoms with E-state index in [0.29, 0.717) is 32.5 Å². The molecule has 2 amide bonds. The van der Waals surface area contributed by atoms with Crippen LogP contribution in [0.2, 0.25) is 0 Å². The molecule has 0 aromatic heterocycles. The second kappa shape index (κ2) is 10.7. The standard InChI is InChI=1S/C18H26FN3O4S.ClH/c1-13(27(25,26)16-6-4-15(19)5-7-16)11-17(23)22-10-2-3-14(12-22)18(24)21-9-8-20;/h4-7,13-14H,2-3,8-12,20H2,1H3,(H,21,24);1H. The highest BCUT2D eigenvalue weighted by atomic mass is 35.5. The summed E-state index contributed by atoms with van der Waals surface area (Å²) in [4.78, 5) is 26.2. The molecule has 7 nitrogen and oxygen atoms in total. The quantitative estimate of drug-likeness (QED) is 0.623. The molecular formula is C18H27ClFN3O4S. The van der Waals surface area contributed by atoms with Crippen LogP contribution in [0.5, 0.6) is 0 Å². The zero-order valence-corrected chi connectivity index (χ0v) is 17.4. The summed E-state index contributed by atoms with van der Waals surface area (Å²) in [5, 5.41) is 1.78. The normalized spacial score (nSPS) is 18.1. The molecule has 28 heavy (non-hydrogen) atoms. The summed E-state index contributed by atoms with van der Waals surface area (Å²) in [6.45, 7) is 2.98. The number of carbonyl (C=O) groups excluding carboxylic acids is 2. The topological polar surface area (TPSA) is 110 Å². The van der Waals surface area contributed by atoms with Crippen molar-refractivity contribution in [3.05, 3.63) is 30.1 Å². The summed E-state index contributed by atoms with van der Waals surface area (Å²) in [7, 11) is -3.74. The number of amides is 2. The Kier molecular flexibility index (Phi) is 9.32. The lowest BCUT2D eigenvalue weighted by molar-refractivity contribution is -0.135. The first-order chi connectivity index (χ1) is 12.8. The summed E-state index contributed by atoms with van der Waals surface area (Å²) in [6, 6.07) is 4.56. The molecule has 0 spiro atoms. The summed E-state index contributed by atoms with van der Waals surface area (Å²) < 4.78 is 38.2. The Hall–Kier alpha value is -1.71. The van der Waals surface area contributed by atoms with Crippen molar-refractivity contribution in [2.75, 3.05) is 26.2 Å². The number of carbonyl (C=O) groups is 2. The number of sulfone groups is 1. The van der Waals surface area contributed by atoms with Gasteiger partial charge in [-0.25, -0.2) is 12.8 Å².